The molecule has 0 radical (unpaired) electrons. The number of non-ortho nitro benzene ring substituents is 1. The number of hydrogen-bond acceptors (Lipinski definition) is 8. The van der Waals surface area contributed by atoms with Gasteiger partial charge in [0.15, 0.2) is 11.5 Å². The molecule has 1 amide bonds. The fraction of sp³-hybridized carbons (Fsp3) is 0.250. The second-order valence-electron chi connectivity index (χ2n) is 6.21. The minimum Gasteiger partial charge on any atom is -0.493 e. The summed E-state index contributed by atoms with van der Waals surface area (Å²) in [4.78, 5) is 29.0. The quantitative estimate of drug-likeness (QED) is 0.408. The Labute approximate surface area is 172 Å². The van der Waals surface area contributed by atoms with Gasteiger partial charge in [-0.3, -0.25) is 14.9 Å². The smallest absolute Gasteiger partial charge is 0.270 e. The molecule has 3 rings (SSSR count). The van der Waals surface area contributed by atoms with Crippen LogP contribution in [0.2, 0.25) is 0 Å². The molecule has 0 aliphatic heterocycles. The lowest BCUT2D eigenvalue weighted by atomic mass is 10.1. The van der Waals surface area contributed by atoms with Gasteiger partial charge in [-0.2, -0.15) is 4.98 Å². The van der Waals surface area contributed by atoms with E-state index in [4.69, 9.17) is 14.0 Å². The maximum atomic E-state index is 12.8. The zero-order valence-electron chi connectivity index (χ0n) is 16.7. The highest BCUT2D eigenvalue weighted by atomic mass is 16.6. The number of aromatic nitrogens is 2. The second kappa shape index (κ2) is 9.03. The summed E-state index contributed by atoms with van der Waals surface area (Å²) in [5, 5.41) is 14.9. The van der Waals surface area contributed by atoms with Crippen molar-refractivity contribution < 1.29 is 23.7 Å². The van der Waals surface area contributed by atoms with Crippen molar-refractivity contribution in [2.75, 3.05) is 20.8 Å². The first-order valence-electron chi connectivity index (χ1n) is 9.05. The molecule has 1 heterocycles. The van der Waals surface area contributed by atoms with E-state index in [0.717, 1.165) is 0 Å². The maximum absolute atomic E-state index is 12.8. The largest absolute Gasteiger partial charge is 0.493 e. The third kappa shape index (κ3) is 4.37. The van der Waals surface area contributed by atoms with Crippen LogP contribution < -0.4 is 9.47 Å². The van der Waals surface area contributed by atoms with Crippen molar-refractivity contribution >= 4 is 11.6 Å². The van der Waals surface area contributed by atoms with Crippen molar-refractivity contribution in [1.82, 2.24) is 15.0 Å². The van der Waals surface area contributed by atoms with Gasteiger partial charge >= 0.3 is 0 Å². The number of amides is 1. The number of carbonyl (C=O) groups excluding carboxylic acids is 1. The summed E-state index contributed by atoms with van der Waals surface area (Å²) in [7, 11) is 3.07. The van der Waals surface area contributed by atoms with Crippen LogP contribution in [0.1, 0.15) is 23.2 Å². The molecule has 3 aromatic rings. The van der Waals surface area contributed by atoms with Crippen molar-refractivity contribution in [3.05, 3.63) is 64.0 Å². The topological polar surface area (TPSA) is 121 Å². The van der Waals surface area contributed by atoms with E-state index in [1.807, 2.05) is 0 Å². The number of nitro groups is 1. The molecular formula is C20H20N4O6. The minimum atomic E-state index is -0.541. The standard InChI is InChI=1S/C20H20N4O6/c1-4-23(20(25)14-6-5-7-15(10-14)24(26)27)12-18-21-19(22-30-18)13-8-9-16(28-2)17(11-13)29-3/h5-11H,4,12H2,1-3H3. The summed E-state index contributed by atoms with van der Waals surface area (Å²) in [6.07, 6.45) is 0. The third-order valence-electron chi connectivity index (χ3n) is 4.41. The average molecular weight is 412 g/mol. The van der Waals surface area contributed by atoms with Crippen LogP contribution in [0.3, 0.4) is 0 Å². The van der Waals surface area contributed by atoms with E-state index in [1.165, 1.54) is 36.3 Å². The molecule has 0 aliphatic rings. The van der Waals surface area contributed by atoms with Crippen molar-refractivity contribution in [3.8, 4) is 22.9 Å². The Hall–Kier alpha value is -3.95. The van der Waals surface area contributed by atoms with E-state index in [0.29, 0.717) is 29.4 Å². The predicted molar refractivity (Wildman–Crippen MR) is 106 cm³/mol. The van der Waals surface area contributed by atoms with Crippen LogP contribution in [0, 0.1) is 10.1 Å². The summed E-state index contributed by atoms with van der Waals surface area (Å²) < 4.78 is 15.8. The number of methoxy groups -OCH3 is 2. The zero-order chi connectivity index (χ0) is 21.7. The lowest BCUT2D eigenvalue weighted by Gasteiger charge is -2.18. The van der Waals surface area contributed by atoms with E-state index in [1.54, 1.807) is 32.2 Å². The van der Waals surface area contributed by atoms with Crippen LogP contribution in [-0.2, 0) is 6.54 Å². The Balaban J connectivity index is 1.79. The molecule has 1 aromatic heterocycles. The number of benzene rings is 2. The Morgan fingerprint density at radius 3 is 2.60 bits per heavy atom. The predicted octanol–water partition coefficient (Wildman–Crippen LogP) is 3.32. The SMILES string of the molecule is CCN(Cc1nc(-c2ccc(OC)c(OC)c2)no1)C(=O)c1cccc([N+](=O)[O-])c1. The zero-order valence-corrected chi connectivity index (χ0v) is 16.7. The maximum Gasteiger partial charge on any atom is 0.270 e. The van der Waals surface area contributed by atoms with Gasteiger partial charge in [-0.15, -0.1) is 0 Å². The van der Waals surface area contributed by atoms with E-state index in [-0.39, 0.29) is 29.6 Å². The van der Waals surface area contributed by atoms with Crippen LogP contribution in [0.4, 0.5) is 5.69 Å². The molecule has 10 heteroatoms. The number of nitrogens with zero attached hydrogens (tertiary/aromatic N) is 4. The molecule has 0 saturated carbocycles. The Morgan fingerprint density at radius 1 is 1.17 bits per heavy atom. The number of ether oxygens (including phenoxy) is 2. The fourth-order valence-corrected chi connectivity index (χ4v) is 2.84. The molecule has 2 aromatic carbocycles. The van der Waals surface area contributed by atoms with E-state index in [2.05, 4.69) is 10.1 Å². The van der Waals surface area contributed by atoms with Gasteiger partial charge in [0.25, 0.3) is 11.6 Å². The summed E-state index contributed by atoms with van der Waals surface area (Å²) >= 11 is 0. The molecule has 0 saturated heterocycles. The molecule has 0 atom stereocenters. The van der Waals surface area contributed by atoms with Crippen molar-refractivity contribution in [3.63, 3.8) is 0 Å². The number of carbonyl (C=O) groups is 1. The van der Waals surface area contributed by atoms with Gasteiger partial charge in [0.2, 0.25) is 11.7 Å². The first-order valence-corrected chi connectivity index (χ1v) is 9.05. The molecule has 30 heavy (non-hydrogen) atoms. The van der Waals surface area contributed by atoms with Gasteiger partial charge in [0.1, 0.15) is 6.54 Å². The first-order chi connectivity index (χ1) is 14.5. The molecule has 0 N–H and O–H groups in total. The Kier molecular flexibility index (Phi) is 6.26. The lowest BCUT2D eigenvalue weighted by molar-refractivity contribution is -0.384. The third-order valence-corrected chi connectivity index (χ3v) is 4.41. The van der Waals surface area contributed by atoms with Crippen molar-refractivity contribution in [1.29, 1.82) is 0 Å². The molecule has 0 unspecified atom stereocenters. The summed E-state index contributed by atoms with van der Waals surface area (Å²) in [5.41, 5.74) is 0.729. The summed E-state index contributed by atoms with van der Waals surface area (Å²) in [6, 6.07) is 10.8. The van der Waals surface area contributed by atoms with Crippen LogP contribution in [-0.4, -0.2) is 46.6 Å². The minimum absolute atomic E-state index is 0.0678. The number of rotatable bonds is 8. The van der Waals surface area contributed by atoms with Gasteiger partial charge < -0.3 is 18.9 Å². The summed E-state index contributed by atoms with van der Waals surface area (Å²) in [5.74, 6) is 1.30. The van der Waals surface area contributed by atoms with Gasteiger partial charge in [-0.1, -0.05) is 11.2 Å². The van der Waals surface area contributed by atoms with Gasteiger partial charge in [-0.05, 0) is 31.2 Å². The highest BCUT2D eigenvalue weighted by Crippen LogP contribution is 2.31. The number of hydrogen-bond donors (Lipinski definition) is 0. The average Bonchev–Trinajstić information content (AvgIpc) is 3.25. The van der Waals surface area contributed by atoms with Crippen LogP contribution in [0.15, 0.2) is 47.0 Å². The van der Waals surface area contributed by atoms with Gasteiger partial charge in [-0.25, -0.2) is 0 Å². The molecule has 0 fully saturated rings. The van der Waals surface area contributed by atoms with Crippen molar-refractivity contribution in [2.24, 2.45) is 0 Å². The van der Waals surface area contributed by atoms with Gasteiger partial charge in [0, 0.05) is 29.8 Å². The molecule has 0 bridgehead atoms. The molecule has 10 nitrogen and oxygen atoms in total. The molecule has 0 spiro atoms. The van der Waals surface area contributed by atoms with Crippen LogP contribution >= 0.6 is 0 Å². The highest BCUT2D eigenvalue weighted by Gasteiger charge is 2.20. The Bertz CT molecular complexity index is 1060. The Morgan fingerprint density at radius 2 is 1.93 bits per heavy atom. The molecule has 156 valence electrons. The second-order valence-corrected chi connectivity index (χ2v) is 6.21. The first kappa shape index (κ1) is 20.8. The van der Waals surface area contributed by atoms with Crippen molar-refractivity contribution in [2.45, 2.75) is 13.5 Å². The fourth-order valence-electron chi connectivity index (χ4n) is 2.84. The molecule has 0 aliphatic carbocycles. The van der Waals surface area contributed by atoms with Crippen LogP contribution in [0.25, 0.3) is 11.4 Å². The lowest BCUT2D eigenvalue weighted by Crippen LogP contribution is -2.30. The van der Waals surface area contributed by atoms with Gasteiger partial charge in [0.05, 0.1) is 19.1 Å². The summed E-state index contributed by atoms with van der Waals surface area (Å²) in [6.45, 7) is 2.22. The van der Waals surface area contributed by atoms with E-state index < -0.39 is 4.92 Å². The van der Waals surface area contributed by atoms with E-state index in [9.17, 15) is 14.9 Å². The highest BCUT2D eigenvalue weighted by molar-refractivity contribution is 5.94. The van der Waals surface area contributed by atoms with Crippen LogP contribution in [0.5, 0.6) is 11.5 Å². The normalized spacial score (nSPS) is 10.5. The molecular weight excluding hydrogens is 392 g/mol. The monoisotopic (exact) mass is 412 g/mol. The van der Waals surface area contributed by atoms with E-state index >= 15 is 0 Å². The number of nitro benzene ring substituents is 1.